The van der Waals surface area contributed by atoms with Gasteiger partial charge in [-0.1, -0.05) is 39.0 Å². The van der Waals surface area contributed by atoms with Gasteiger partial charge in [0.05, 0.1) is 12.7 Å². The minimum absolute atomic E-state index is 0.0737. The molecule has 0 amide bonds. The van der Waals surface area contributed by atoms with E-state index >= 15 is 0 Å². The van der Waals surface area contributed by atoms with Crippen molar-refractivity contribution >= 4 is 14.6 Å². The second-order valence-corrected chi connectivity index (χ2v) is 10.6. The lowest BCUT2D eigenvalue weighted by molar-refractivity contribution is -0.104. The lowest BCUT2D eigenvalue weighted by Gasteiger charge is -2.36. The number of carbonyl (C=O) groups excluding carboxylic acids is 1. The van der Waals surface area contributed by atoms with Crippen LogP contribution in [-0.2, 0) is 14.0 Å². The summed E-state index contributed by atoms with van der Waals surface area (Å²) in [4.78, 5) is 10.1. The summed E-state index contributed by atoms with van der Waals surface area (Å²) in [6.45, 7) is 11.6. The predicted molar refractivity (Wildman–Crippen MR) is 78.3 cm³/mol. The molecule has 0 aliphatic heterocycles. The summed E-state index contributed by atoms with van der Waals surface area (Å²) in [5.41, 5.74) is 0. The van der Waals surface area contributed by atoms with Crippen LogP contribution >= 0.6 is 0 Å². The van der Waals surface area contributed by atoms with Gasteiger partial charge in [0.1, 0.15) is 6.29 Å². The van der Waals surface area contributed by atoms with Gasteiger partial charge >= 0.3 is 0 Å². The maximum absolute atomic E-state index is 10.1. The Morgan fingerprint density at radius 2 is 1.78 bits per heavy atom. The van der Waals surface area contributed by atoms with Gasteiger partial charge in [-0.15, -0.1) is 0 Å². The Labute approximate surface area is 112 Å². The maximum Gasteiger partial charge on any atom is 0.192 e. The van der Waals surface area contributed by atoms with Crippen LogP contribution in [0.2, 0.25) is 18.1 Å². The van der Waals surface area contributed by atoms with E-state index in [1.165, 1.54) is 6.08 Å². The van der Waals surface area contributed by atoms with Crippen LogP contribution in [0.4, 0.5) is 0 Å². The summed E-state index contributed by atoms with van der Waals surface area (Å²) in [5, 5.41) is 0.201. The molecule has 0 heterocycles. The number of aldehydes is 1. The molecule has 0 saturated carbocycles. The van der Waals surface area contributed by atoms with Crippen molar-refractivity contribution in [3.63, 3.8) is 0 Å². The molecule has 1 atom stereocenters. The Balaban J connectivity index is 4.36. The fourth-order valence-electron chi connectivity index (χ4n) is 1.01. The van der Waals surface area contributed by atoms with Gasteiger partial charge in [0, 0.05) is 7.11 Å². The Hall–Kier alpha value is -0.713. The summed E-state index contributed by atoms with van der Waals surface area (Å²) < 4.78 is 11.4. The molecule has 0 spiro atoms. The molecule has 0 fully saturated rings. The number of methoxy groups -OCH3 is 1. The zero-order chi connectivity index (χ0) is 14.2. The first kappa shape index (κ1) is 17.3. The van der Waals surface area contributed by atoms with Crippen molar-refractivity contribution in [2.45, 2.75) is 45.0 Å². The van der Waals surface area contributed by atoms with E-state index in [2.05, 4.69) is 33.9 Å². The van der Waals surface area contributed by atoms with Crippen LogP contribution in [0, 0.1) is 0 Å². The van der Waals surface area contributed by atoms with Crippen LogP contribution in [0.1, 0.15) is 20.8 Å². The lowest BCUT2D eigenvalue weighted by Crippen LogP contribution is -2.42. The minimum Gasteiger partial charge on any atom is -0.414 e. The molecule has 0 aliphatic rings. The molecule has 104 valence electrons. The molecule has 3 nitrogen and oxygen atoms in total. The van der Waals surface area contributed by atoms with Crippen molar-refractivity contribution in [1.82, 2.24) is 0 Å². The standard InChI is InChI=1S/C14H26O3Si/c1-14(2,3)18(5,6)17-12-13(16-4)10-8-7-9-11-15/h7-11,13H,12H2,1-6H3/b9-7+,10-8+/t13-/m0/s1. The molecule has 0 saturated heterocycles. The van der Waals surface area contributed by atoms with Gasteiger partial charge in [-0.25, -0.2) is 0 Å². The largest absolute Gasteiger partial charge is 0.414 e. The van der Waals surface area contributed by atoms with E-state index in [4.69, 9.17) is 9.16 Å². The van der Waals surface area contributed by atoms with Gasteiger partial charge in [-0.05, 0) is 24.2 Å². The quantitative estimate of drug-likeness (QED) is 0.308. The highest BCUT2D eigenvalue weighted by Crippen LogP contribution is 2.36. The Morgan fingerprint density at radius 3 is 2.22 bits per heavy atom. The zero-order valence-corrected chi connectivity index (χ0v) is 13.4. The first-order chi connectivity index (χ1) is 8.24. The van der Waals surface area contributed by atoms with E-state index < -0.39 is 8.32 Å². The monoisotopic (exact) mass is 270 g/mol. The van der Waals surface area contributed by atoms with Crippen molar-refractivity contribution < 1.29 is 14.0 Å². The maximum atomic E-state index is 10.1. The number of hydrogen-bond donors (Lipinski definition) is 0. The molecule has 18 heavy (non-hydrogen) atoms. The Kier molecular flexibility index (Phi) is 7.36. The van der Waals surface area contributed by atoms with Crippen molar-refractivity contribution in [1.29, 1.82) is 0 Å². The number of carbonyl (C=O) groups is 1. The number of hydrogen-bond acceptors (Lipinski definition) is 3. The highest BCUT2D eigenvalue weighted by atomic mass is 28.4. The predicted octanol–water partition coefficient (Wildman–Crippen LogP) is 3.33. The molecule has 0 aromatic carbocycles. The molecule has 0 aromatic heterocycles. The number of ether oxygens (including phenoxy) is 1. The van der Waals surface area contributed by atoms with Crippen molar-refractivity contribution in [3.8, 4) is 0 Å². The number of allylic oxidation sites excluding steroid dienone is 3. The van der Waals surface area contributed by atoms with E-state index in [-0.39, 0.29) is 11.1 Å². The molecular weight excluding hydrogens is 244 g/mol. The zero-order valence-electron chi connectivity index (χ0n) is 12.4. The molecule has 0 radical (unpaired) electrons. The van der Waals surface area contributed by atoms with E-state index in [0.717, 1.165) is 6.29 Å². The van der Waals surface area contributed by atoms with E-state index in [9.17, 15) is 4.79 Å². The second kappa shape index (κ2) is 7.66. The van der Waals surface area contributed by atoms with E-state index in [1.807, 2.05) is 6.08 Å². The molecule has 4 heteroatoms. The van der Waals surface area contributed by atoms with Crippen LogP contribution in [0.3, 0.4) is 0 Å². The fraction of sp³-hybridized carbons (Fsp3) is 0.643. The van der Waals surface area contributed by atoms with E-state index in [1.54, 1.807) is 19.3 Å². The highest BCUT2D eigenvalue weighted by molar-refractivity contribution is 6.74. The van der Waals surface area contributed by atoms with Gasteiger partial charge in [0.15, 0.2) is 8.32 Å². The third-order valence-electron chi connectivity index (χ3n) is 3.34. The van der Waals surface area contributed by atoms with Gasteiger partial charge in [-0.3, -0.25) is 4.79 Å². The third-order valence-corrected chi connectivity index (χ3v) is 7.84. The van der Waals surface area contributed by atoms with Gasteiger partial charge in [0.2, 0.25) is 0 Å². The smallest absolute Gasteiger partial charge is 0.192 e. The van der Waals surface area contributed by atoms with Crippen LogP contribution in [0.25, 0.3) is 0 Å². The van der Waals surface area contributed by atoms with E-state index in [0.29, 0.717) is 6.61 Å². The van der Waals surface area contributed by atoms with Gasteiger partial charge < -0.3 is 9.16 Å². The molecular formula is C14H26O3Si. The van der Waals surface area contributed by atoms with Crippen LogP contribution in [0.15, 0.2) is 24.3 Å². The summed E-state index contributed by atoms with van der Waals surface area (Å²) in [6.07, 6.45) is 7.50. The first-order valence-electron chi connectivity index (χ1n) is 6.20. The summed E-state index contributed by atoms with van der Waals surface area (Å²) >= 11 is 0. The Bertz CT molecular complexity index is 301. The van der Waals surface area contributed by atoms with Gasteiger partial charge in [0.25, 0.3) is 0 Å². The normalized spacial score (nSPS) is 15.4. The second-order valence-electron chi connectivity index (χ2n) is 5.75. The molecule has 0 bridgehead atoms. The van der Waals surface area contributed by atoms with Crippen LogP contribution in [-0.4, -0.2) is 34.4 Å². The lowest BCUT2D eigenvalue weighted by atomic mass is 10.2. The molecule has 0 aromatic rings. The summed E-state index contributed by atoms with van der Waals surface area (Å²) in [7, 11) is -0.0663. The molecule has 0 aliphatic carbocycles. The SMILES string of the molecule is CO[C@@H](/C=C/C=C/C=O)CO[Si](C)(C)C(C)(C)C. The highest BCUT2D eigenvalue weighted by Gasteiger charge is 2.37. The van der Waals surface area contributed by atoms with Crippen LogP contribution in [0.5, 0.6) is 0 Å². The average molecular weight is 270 g/mol. The molecule has 0 rings (SSSR count). The third kappa shape index (κ3) is 6.28. The molecule has 0 N–H and O–H groups in total. The van der Waals surface area contributed by atoms with Crippen LogP contribution < -0.4 is 0 Å². The molecule has 0 unspecified atom stereocenters. The first-order valence-corrected chi connectivity index (χ1v) is 9.11. The summed E-state index contributed by atoms with van der Waals surface area (Å²) in [5.74, 6) is 0. The van der Waals surface area contributed by atoms with Crippen molar-refractivity contribution in [2.24, 2.45) is 0 Å². The van der Waals surface area contributed by atoms with Crippen molar-refractivity contribution in [2.75, 3.05) is 13.7 Å². The minimum atomic E-state index is -1.73. The topological polar surface area (TPSA) is 35.5 Å². The Morgan fingerprint density at radius 1 is 1.17 bits per heavy atom. The van der Waals surface area contributed by atoms with Crippen molar-refractivity contribution in [3.05, 3.63) is 24.3 Å². The number of rotatable bonds is 7. The summed E-state index contributed by atoms with van der Waals surface area (Å²) in [6, 6.07) is 0. The fourth-order valence-corrected chi connectivity index (χ4v) is 2.02. The average Bonchev–Trinajstić information content (AvgIpc) is 2.26. The van der Waals surface area contributed by atoms with Gasteiger partial charge in [-0.2, -0.15) is 0 Å².